The van der Waals surface area contributed by atoms with Gasteiger partial charge in [0.25, 0.3) is 0 Å². The minimum atomic E-state index is -0.00760. The molecule has 0 bridgehead atoms. The Hall–Kier alpha value is -2.20. The molecule has 2 fully saturated rings. The van der Waals surface area contributed by atoms with Crippen LogP contribution in [0.3, 0.4) is 0 Å². The lowest BCUT2D eigenvalue weighted by Gasteiger charge is -2.39. The molecule has 4 heteroatoms. The lowest BCUT2D eigenvalue weighted by atomic mass is 9.82. The normalized spacial score (nSPS) is 23.3. The van der Waals surface area contributed by atoms with E-state index >= 15 is 0 Å². The highest BCUT2D eigenvalue weighted by Gasteiger charge is 2.45. The van der Waals surface area contributed by atoms with Crippen molar-refractivity contribution in [3.8, 4) is 0 Å². The molecule has 4 nitrogen and oxygen atoms in total. The number of piperidine rings is 1. The van der Waals surface area contributed by atoms with Crippen molar-refractivity contribution in [1.29, 1.82) is 0 Å². The van der Waals surface area contributed by atoms with E-state index in [0.717, 1.165) is 44.5 Å². The number of nitrogens with zero attached hydrogens (tertiary/aromatic N) is 2. The highest BCUT2D eigenvalue weighted by Crippen LogP contribution is 2.39. The van der Waals surface area contributed by atoms with E-state index in [1.165, 1.54) is 5.56 Å². The van der Waals surface area contributed by atoms with Crippen LogP contribution in [0.4, 0.5) is 0 Å². The van der Waals surface area contributed by atoms with E-state index in [2.05, 4.69) is 39.5 Å². The van der Waals surface area contributed by atoms with Gasteiger partial charge in [-0.1, -0.05) is 30.3 Å². The van der Waals surface area contributed by atoms with Gasteiger partial charge in [0, 0.05) is 37.6 Å². The van der Waals surface area contributed by atoms with Gasteiger partial charge in [-0.15, -0.1) is 0 Å². The highest BCUT2D eigenvalue weighted by molar-refractivity contribution is 5.87. The number of amides is 1. The molecular weight excluding hydrogens is 298 g/mol. The molecule has 2 aliphatic rings. The van der Waals surface area contributed by atoms with Gasteiger partial charge in [0.1, 0.15) is 0 Å². The fraction of sp³-hybridized carbons (Fsp3) is 0.400. The van der Waals surface area contributed by atoms with Gasteiger partial charge in [0.15, 0.2) is 0 Å². The Morgan fingerprint density at radius 3 is 2.50 bits per heavy atom. The summed E-state index contributed by atoms with van der Waals surface area (Å²) in [5.41, 5.74) is 2.44. The summed E-state index contributed by atoms with van der Waals surface area (Å²) in [6, 6.07) is 14.3. The van der Waals surface area contributed by atoms with Crippen LogP contribution in [0.1, 0.15) is 36.3 Å². The molecule has 24 heavy (non-hydrogen) atoms. The summed E-state index contributed by atoms with van der Waals surface area (Å²) in [7, 11) is 0. The van der Waals surface area contributed by atoms with E-state index in [0.29, 0.717) is 0 Å². The third kappa shape index (κ3) is 3.06. The number of likely N-dealkylation sites (tertiary alicyclic amines) is 1. The molecule has 2 aliphatic heterocycles. The zero-order chi connectivity index (χ0) is 16.4. The van der Waals surface area contributed by atoms with Crippen LogP contribution in [0.15, 0.2) is 54.9 Å². The van der Waals surface area contributed by atoms with Crippen molar-refractivity contribution < 1.29 is 4.79 Å². The summed E-state index contributed by atoms with van der Waals surface area (Å²) in [5, 5.41) is 3.33. The van der Waals surface area contributed by atoms with E-state index in [9.17, 15) is 4.79 Å². The Labute approximate surface area is 142 Å². The SMILES string of the molecule is O=C1NC2(CCN(Cc3ccncc3)CC2)C[C@@H]1c1ccccc1. The number of pyridine rings is 1. The van der Waals surface area contributed by atoms with Gasteiger partial charge in [0.05, 0.1) is 5.92 Å². The van der Waals surface area contributed by atoms with Crippen LogP contribution in [-0.4, -0.2) is 34.4 Å². The molecule has 1 aromatic heterocycles. The van der Waals surface area contributed by atoms with E-state index in [1.807, 2.05) is 30.6 Å². The molecule has 1 amide bonds. The molecule has 0 aliphatic carbocycles. The molecule has 4 rings (SSSR count). The van der Waals surface area contributed by atoms with Gasteiger partial charge in [-0.05, 0) is 42.5 Å². The minimum absolute atomic E-state index is 0.00760. The van der Waals surface area contributed by atoms with Crippen molar-refractivity contribution in [2.75, 3.05) is 13.1 Å². The first-order valence-electron chi connectivity index (χ1n) is 8.72. The Morgan fingerprint density at radius 2 is 1.79 bits per heavy atom. The second-order valence-corrected chi connectivity index (χ2v) is 7.07. The van der Waals surface area contributed by atoms with Gasteiger partial charge >= 0.3 is 0 Å². The van der Waals surface area contributed by atoms with E-state index in [1.54, 1.807) is 0 Å². The summed E-state index contributed by atoms with van der Waals surface area (Å²) in [5.74, 6) is 0.210. The first-order valence-corrected chi connectivity index (χ1v) is 8.72. The Balaban J connectivity index is 1.39. The van der Waals surface area contributed by atoms with Gasteiger partial charge in [-0.3, -0.25) is 14.7 Å². The molecule has 0 radical (unpaired) electrons. The fourth-order valence-corrected chi connectivity index (χ4v) is 4.05. The molecule has 1 aromatic carbocycles. The van der Waals surface area contributed by atoms with Crippen LogP contribution in [-0.2, 0) is 11.3 Å². The number of hydrogen-bond acceptors (Lipinski definition) is 3. The largest absolute Gasteiger partial charge is 0.350 e. The number of carbonyl (C=O) groups excluding carboxylic acids is 1. The molecule has 0 unspecified atom stereocenters. The second-order valence-electron chi connectivity index (χ2n) is 7.07. The zero-order valence-corrected chi connectivity index (χ0v) is 13.8. The number of rotatable bonds is 3. The van der Waals surface area contributed by atoms with Crippen LogP contribution in [0.5, 0.6) is 0 Å². The van der Waals surface area contributed by atoms with E-state index in [-0.39, 0.29) is 17.4 Å². The number of hydrogen-bond donors (Lipinski definition) is 1. The number of aromatic nitrogens is 1. The summed E-state index contributed by atoms with van der Waals surface area (Å²) >= 11 is 0. The third-order valence-corrected chi connectivity index (χ3v) is 5.47. The first-order chi connectivity index (χ1) is 11.7. The standard InChI is InChI=1S/C20H23N3O/c24-19-18(17-4-2-1-3-5-17)14-20(22-19)8-12-23(13-9-20)15-16-6-10-21-11-7-16/h1-7,10-11,18H,8-9,12-15H2,(H,22,24)/t18-/m1/s1. The quantitative estimate of drug-likeness (QED) is 0.945. The maximum Gasteiger partial charge on any atom is 0.228 e. The molecular formula is C20H23N3O. The molecule has 1 N–H and O–H groups in total. The molecule has 1 atom stereocenters. The summed E-state index contributed by atoms with van der Waals surface area (Å²) in [6.45, 7) is 3.03. The van der Waals surface area contributed by atoms with Crippen LogP contribution < -0.4 is 5.32 Å². The lowest BCUT2D eigenvalue weighted by Crippen LogP contribution is -2.50. The highest BCUT2D eigenvalue weighted by atomic mass is 16.2. The van der Waals surface area contributed by atoms with Crippen LogP contribution in [0.2, 0.25) is 0 Å². The minimum Gasteiger partial charge on any atom is -0.350 e. The molecule has 0 saturated carbocycles. The monoisotopic (exact) mass is 321 g/mol. The average Bonchev–Trinajstić information content (AvgIpc) is 2.95. The van der Waals surface area contributed by atoms with Crippen molar-refractivity contribution in [1.82, 2.24) is 15.2 Å². The zero-order valence-electron chi connectivity index (χ0n) is 13.8. The lowest BCUT2D eigenvalue weighted by molar-refractivity contribution is -0.121. The predicted molar refractivity (Wildman–Crippen MR) is 93.4 cm³/mol. The number of nitrogens with one attached hydrogen (secondary N) is 1. The molecule has 3 heterocycles. The Morgan fingerprint density at radius 1 is 1.08 bits per heavy atom. The molecule has 1 spiro atoms. The maximum atomic E-state index is 12.5. The second kappa shape index (κ2) is 6.36. The smallest absolute Gasteiger partial charge is 0.228 e. The van der Waals surface area contributed by atoms with Crippen LogP contribution >= 0.6 is 0 Å². The van der Waals surface area contributed by atoms with Gasteiger partial charge in [0.2, 0.25) is 5.91 Å². The summed E-state index contributed by atoms with van der Waals surface area (Å²) < 4.78 is 0. The maximum absolute atomic E-state index is 12.5. The van der Waals surface area contributed by atoms with E-state index < -0.39 is 0 Å². The molecule has 124 valence electrons. The Bertz CT molecular complexity index is 693. The fourth-order valence-electron chi connectivity index (χ4n) is 4.05. The van der Waals surface area contributed by atoms with Crippen molar-refractivity contribution in [3.63, 3.8) is 0 Å². The van der Waals surface area contributed by atoms with Crippen molar-refractivity contribution in [2.24, 2.45) is 0 Å². The predicted octanol–water partition coefficient (Wildman–Crippen LogP) is 2.72. The summed E-state index contributed by atoms with van der Waals surface area (Å²) in [6.07, 6.45) is 6.70. The number of benzene rings is 1. The van der Waals surface area contributed by atoms with Gasteiger partial charge in [-0.25, -0.2) is 0 Å². The summed E-state index contributed by atoms with van der Waals surface area (Å²) in [4.78, 5) is 19.0. The molecule has 2 saturated heterocycles. The average molecular weight is 321 g/mol. The van der Waals surface area contributed by atoms with Crippen molar-refractivity contribution in [2.45, 2.75) is 37.3 Å². The van der Waals surface area contributed by atoms with Gasteiger partial charge in [-0.2, -0.15) is 0 Å². The Kier molecular flexibility index (Phi) is 4.07. The van der Waals surface area contributed by atoms with Crippen LogP contribution in [0.25, 0.3) is 0 Å². The van der Waals surface area contributed by atoms with Crippen molar-refractivity contribution in [3.05, 3.63) is 66.0 Å². The first kappa shape index (κ1) is 15.3. The van der Waals surface area contributed by atoms with E-state index in [4.69, 9.17) is 0 Å². The van der Waals surface area contributed by atoms with Crippen LogP contribution in [0, 0.1) is 0 Å². The number of carbonyl (C=O) groups is 1. The van der Waals surface area contributed by atoms with Crippen molar-refractivity contribution >= 4 is 5.91 Å². The topological polar surface area (TPSA) is 45.2 Å². The van der Waals surface area contributed by atoms with Gasteiger partial charge < -0.3 is 5.32 Å². The third-order valence-electron chi connectivity index (χ3n) is 5.47. The molecule has 2 aromatic rings.